The number of hydrogen-bond acceptors (Lipinski definition) is 6. The first kappa shape index (κ1) is 21.7. The Kier molecular flexibility index (Phi) is 5.80. The van der Waals surface area contributed by atoms with Gasteiger partial charge in [0.25, 0.3) is 0 Å². The summed E-state index contributed by atoms with van der Waals surface area (Å²) in [5, 5.41) is 8.84. The van der Waals surface area contributed by atoms with E-state index in [0.29, 0.717) is 41.3 Å². The monoisotopic (exact) mass is 461 g/mol. The van der Waals surface area contributed by atoms with Gasteiger partial charge in [0.1, 0.15) is 23.1 Å². The number of thiophene rings is 1. The topological polar surface area (TPSA) is 74.8 Å². The second-order valence-electron chi connectivity index (χ2n) is 7.06. The van der Waals surface area contributed by atoms with Gasteiger partial charge >= 0.3 is 11.9 Å². The first-order chi connectivity index (χ1) is 15.2. The van der Waals surface area contributed by atoms with E-state index < -0.39 is 22.6 Å². The largest absolute Gasteiger partial charge is 0.425 e. The Morgan fingerprint density at radius 1 is 1.22 bits per heavy atom. The third kappa shape index (κ3) is 4.55. The van der Waals surface area contributed by atoms with Crippen molar-refractivity contribution >= 4 is 22.9 Å². The van der Waals surface area contributed by atoms with Crippen LogP contribution < -0.4 is 10.6 Å². The number of nitriles is 1. The number of halogens is 4. The van der Waals surface area contributed by atoms with Crippen LogP contribution in [0.25, 0.3) is 5.57 Å². The lowest BCUT2D eigenvalue weighted by atomic mass is 9.98. The minimum absolute atomic E-state index is 0.0158. The molecule has 0 N–H and O–H groups in total. The van der Waals surface area contributed by atoms with Gasteiger partial charge in [-0.1, -0.05) is 12.1 Å². The lowest BCUT2D eigenvalue weighted by Crippen LogP contribution is -2.33. The SMILES string of the molecule is N#Cc1ccc(C2=CCN(c3ncn(Cc4ccc(C(F)(F)F)s4)c(=O)n3)CC2)cc1F. The van der Waals surface area contributed by atoms with Crippen LogP contribution in [0.4, 0.5) is 23.5 Å². The maximum atomic E-state index is 13.9. The van der Waals surface area contributed by atoms with Gasteiger partial charge in [0.15, 0.2) is 0 Å². The van der Waals surface area contributed by atoms with Crippen LogP contribution in [0.2, 0.25) is 0 Å². The maximum absolute atomic E-state index is 13.9. The van der Waals surface area contributed by atoms with Gasteiger partial charge in [-0.15, -0.1) is 11.3 Å². The minimum atomic E-state index is -4.42. The van der Waals surface area contributed by atoms with E-state index in [-0.39, 0.29) is 18.1 Å². The molecule has 0 amide bonds. The Morgan fingerprint density at radius 2 is 2.03 bits per heavy atom. The summed E-state index contributed by atoms with van der Waals surface area (Å²) in [5.74, 6) is -0.358. The number of rotatable bonds is 4. The van der Waals surface area contributed by atoms with Crippen LogP contribution in [0.15, 0.2) is 47.5 Å². The van der Waals surface area contributed by atoms with Crippen molar-refractivity contribution in [1.29, 1.82) is 5.26 Å². The summed E-state index contributed by atoms with van der Waals surface area (Å²) in [5.41, 5.74) is 0.974. The highest BCUT2D eigenvalue weighted by atomic mass is 32.1. The molecule has 0 atom stereocenters. The second-order valence-corrected chi connectivity index (χ2v) is 8.23. The third-order valence-corrected chi connectivity index (χ3v) is 6.09. The standard InChI is InChI=1S/C21H15F4N5OS/c22-17-9-14(1-2-15(17)10-26)13-5-7-29(8-6-13)19-27-12-30(20(31)28-19)11-16-3-4-18(32-16)21(23,24)25/h1-5,9,12H,6-8,11H2. The zero-order valence-electron chi connectivity index (χ0n) is 16.4. The molecule has 0 saturated heterocycles. The molecule has 0 fully saturated rings. The van der Waals surface area contributed by atoms with Crippen molar-refractivity contribution in [3.8, 4) is 6.07 Å². The molecule has 0 saturated carbocycles. The minimum Gasteiger partial charge on any atom is -0.337 e. The van der Waals surface area contributed by atoms with E-state index in [2.05, 4.69) is 9.97 Å². The molecule has 164 valence electrons. The Labute approximate surface area is 183 Å². The molecule has 0 unspecified atom stereocenters. The van der Waals surface area contributed by atoms with Crippen molar-refractivity contribution in [2.45, 2.75) is 19.1 Å². The number of alkyl halides is 3. The first-order valence-electron chi connectivity index (χ1n) is 9.48. The van der Waals surface area contributed by atoms with E-state index in [1.165, 1.54) is 24.5 Å². The Morgan fingerprint density at radius 3 is 2.62 bits per heavy atom. The Bertz CT molecular complexity index is 1290. The summed E-state index contributed by atoms with van der Waals surface area (Å²) in [6, 6.07) is 8.55. The molecule has 6 nitrogen and oxygen atoms in total. The normalized spacial score (nSPS) is 14.2. The molecule has 4 rings (SSSR count). The van der Waals surface area contributed by atoms with Gasteiger partial charge in [-0.3, -0.25) is 4.57 Å². The van der Waals surface area contributed by atoms with Gasteiger partial charge in [-0.2, -0.15) is 23.4 Å². The fraction of sp³-hybridized carbons (Fsp3) is 0.238. The smallest absolute Gasteiger partial charge is 0.337 e. The van der Waals surface area contributed by atoms with E-state index in [1.54, 1.807) is 17.0 Å². The average Bonchev–Trinajstić information content (AvgIpc) is 3.24. The van der Waals surface area contributed by atoms with Crippen molar-refractivity contribution in [2.75, 3.05) is 18.0 Å². The van der Waals surface area contributed by atoms with Crippen molar-refractivity contribution in [3.63, 3.8) is 0 Å². The molecule has 0 spiro atoms. The quantitative estimate of drug-likeness (QED) is 0.548. The van der Waals surface area contributed by atoms with Crippen LogP contribution in [0.3, 0.4) is 0 Å². The molecule has 1 aliphatic rings. The van der Waals surface area contributed by atoms with Gasteiger partial charge in [0.2, 0.25) is 5.95 Å². The van der Waals surface area contributed by atoms with Crippen LogP contribution in [-0.4, -0.2) is 27.6 Å². The summed E-state index contributed by atoms with van der Waals surface area (Å²) in [4.78, 5) is 21.9. The zero-order chi connectivity index (χ0) is 22.9. The van der Waals surface area contributed by atoms with Crippen LogP contribution in [0, 0.1) is 17.1 Å². The van der Waals surface area contributed by atoms with Crippen LogP contribution in [0.1, 0.15) is 27.3 Å². The summed E-state index contributed by atoms with van der Waals surface area (Å²) in [6.07, 6.45) is -0.706. The van der Waals surface area contributed by atoms with Gasteiger partial charge < -0.3 is 4.90 Å². The molecule has 3 aromatic rings. The lowest BCUT2D eigenvalue weighted by Gasteiger charge is -2.26. The molecule has 3 heterocycles. The molecule has 1 aromatic carbocycles. The van der Waals surface area contributed by atoms with E-state index in [0.717, 1.165) is 16.2 Å². The molecular formula is C21H15F4N5OS. The van der Waals surface area contributed by atoms with Gasteiger partial charge in [-0.25, -0.2) is 14.2 Å². The molecule has 1 aliphatic heterocycles. The average molecular weight is 461 g/mol. The van der Waals surface area contributed by atoms with Crippen molar-refractivity contribution < 1.29 is 17.6 Å². The maximum Gasteiger partial charge on any atom is 0.425 e. The summed E-state index contributed by atoms with van der Waals surface area (Å²) in [7, 11) is 0. The molecule has 0 radical (unpaired) electrons. The van der Waals surface area contributed by atoms with Crippen LogP contribution >= 0.6 is 11.3 Å². The highest BCUT2D eigenvalue weighted by Gasteiger charge is 2.32. The number of aromatic nitrogens is 3. The fourth-order valence-electron chi connectivity index (χ4n) is 3.31. The number of hydrogen-bond donors (Lipinski definition) is 0. The lowest BCUT2D eigenvalue weighted by molar-refractivity contribution is -0.134. The number of benzene rings is 1. The molecule has 0 bridgehead atoms. The number of nitrogens with zero attached hydrogens (tertiary/aromatic N) is 5. The van der Waals surface area contributed by atoms with Gasteiger partial charge in [-0.05, 0) is 41.8 Å². The predicted molar refractivity (Wildman–Crippen MR) is 111 cm³/mol. The number of anilines is 1. The molecular weight excluding hydrogens is 446 g/mol. The van der Waals surface area contributed by atoms with Gasteiger partial charge in [0, 0.05) is 18.0 Å². The summed E-state index contributed by atoms with van der Waals surface area (Å²) in [6.45, 7) is 0.852. The molecule has 32 heavy (non-hydrogen) atoms. The Balaban J connectivity index is 1.46. The Hall–Kier alpha value is -3.52. The highest BCUT2D eigenvalue weighted by Crippen LogP contribution is 2.34. The fourth-order valence-corrected chi connectivity index (χ4v) is 4.19. The van der Waals surface area contributed by atoms with E-state index >= 15 is 0 Å². The molecule has 2 aromatic heterocycles. The molecule has 11 heteroatoms. The predicted octanol–water partition coefficient (Wildman–Crippen LogP) is 4.07. The van der Waals surface area contributed by atoms with Crippen LogP contribution in [-0.2, 0) is 12.7 Å². The summed E-state index contributed by atoms with van der Waals surface area (Å²) >= 11 is 0.574. The van der Waals surface area contributed by atoms with Crippen molar-refractivity contribution in [2.24, 2.45) is 0 Å². The highest BCUT2D eigenvalue weighted by molar-refractivity contribution is 7.12. The van der Waals surface area contributed by atoms with Gasteiger partial charge in [0.05, 0.1) is 12.1 Å². The van der Waals surface area contributed by atoms with Crippen molar-refractivity contribution in [3.05, 3.63) is 79.9 Å². The third-order valence-electron chi connectivity index (χ3n) is 4.97. The summed E-state index contributed by atoms with van der Waals surface area (Å²) < 4.78 is 53.3. The first-order valence-corrected chi connectivity index (χ1v) is 10.3. The van der Waals surface area contributed by atoms with E-state index in [1.807, 2.05) is 6.08 Å². The van der Waals surface area contributed by atoms with Crippen molar-refractivity contribution in [1.82, 2.24) is 14.5 Å². The zero-order valence-corrected chi connectivity index (χ0v) is 17.3. The second kappa shape index (κ2) is 8.55. The van der Waals surface area contributed by atoms with Crippen LogP contribution in [0.5, 0.6) is 0 Å². The van der Waals surface area contributed by atoms with E-state index in [4.69, 9.17) is 5.26 Å². The molecule has 0 aliphatic carbocycles. The van der Waals surface area contributed by atoms with E-state index in [9.17, 15) is 22.4 Å².